The molecular weight excluding hydrogens is 260 g/mol. The molecule has 0 saturated carbocycles. The van der Waals surface area contributed by atoms with Crippen LogP contribution in [-0.2, 0) is 6.54 Å². The van der Waals surface area contributed by atoms with E-state index in [-0.39, 0.29) is 5.91 Å². The fourth-order valence-electron chi connectivity index (χ4n) is 2.25. The molecule has 21 heavy (non-hydrogen) atoms. The first-order valence-corrected chi connectivity index (χ1v) is 7.18. The summed E-state index contributed by atoms with van der Waals surface area (Å²) in [6.07, 6.45) is 0. The number of hydrogen-bond donors (Lipinski definition) is 1. The molecule has 0 unspecified atom stereocenters. The van der Waals surface area contributed by atoms with Crippen LogP contribution in [0, 0.1) is 0 Å². The average molecular weight is 282 g/mol. The topological polar surface area (TPSA) is 46.3 Å². The maximum Gasteiger partial charge on any atom is 0.255 e. The maximum atomic E-state index is 12.4. The number of nitrogen functional groups attached to an aromatic ring is 1. The van der Waals surface area contributed by atoms with Crippen LogP contribution in [0.1, 0.15) is 41.3 Å². The Kier molecular flexibility index (Phi) is 4.63. The minimum atomic E-state index is -0.0546. The van der Waals surface area contributed by atoms with Crippen molar-refractivity contribution in [3.8, 4) is 0 Å². The van der Waals surface area contributed by atoms with Crippen molar-refractivity contribution in [3.05, 3.63) is 65.2 Å². The van der Waals surface area contributed by atoms with Gasteiger partial charge < -0.3 is 10.6 Å². The molecule has 2 rings (SSSR count). The highest BCUT2D eigenvalue weighted by Gasteiger charge is 2.14. The summed E-state index contributed by atoms with van der Waals surface area (Å²) in [5.41, 5.74) is 9.35. The molecule has 2 aromatic rings. The van der Waals surface area contributed by atoms with Gasteiger partial charge in [0.15, 0.2) is 0 Å². The van der Waals surface area contributed by atoms with Crippen LogP contribution in [0.2, 0.25) is 0 Å². The number of carbonyl (C=O) groups is 1. The van der Waals surface area contributed by atoms with Crippen molar-refractivity contribution in [3.63, 3.8) is 0 Å². The second kappa shape index (κ2) is 6.44. The molecule has 0 radical (unpaired) electrons. The van der Waals surface area contributed by atoms with Gasteiger partial charge in [0.1, 0.15) is 0 Å². The number of anilines is 1. The summed E-state index contributed by atoms with van der Waals surface area (Å²) in [6, 6.07) is 15.6. The minimum Gasteiger partial charge on any atom is -0.398 e. The lowest BCUT2D eigenvalue weighted by molar-refractivity contribution is 0.0786. The van der Waals surface area contributed by atoms with Crippen molar-refractivity contribution in [1.29, 1.82) is 0 Å². The molecule has 0 aliphatic rings. The molecule has 0 aromatic heterocycles. The number of nitrogens with two attached hydrogens (primary N) is 1. The Morgan fingerprint density at radius 2 is 1.71 bits per heavy atom. The molecule has 1 amide bonds. The zero-order valence-electron chi connectivity index (χ0n) is 12.8. The Morgan fingerprint density at radius 1 is 1.10 bits per heavy atom. The molecule has 0 aliphatic heterocycles. The van der Waals surface area contributed by atoms with E-state index in [0.717, 1.165) is 5.56 Å². The van der Waals surface area contributed by atoms with Gasteiger partial charge in [0.2, 0.25) is 0 Å². The zero-order chi connectivity index (χ0) is 15.4. The first-order valence-electron chi connectivity index (χ1n) is 7.18. The van der Waals surface area contributed by atoms with Crippen molar-refractivity contribution in [1.82, 2.24) is 4.90 Å². The molecule has 0 aliphatic carbocycles. The van der Waals surface area contributed by atoms with Crippen LogP contribution < -0.4 is 5.73 Å². The van der Waals surface area contributed by atoms with Gasteiger partial charge in [-0.3, -0.25) is 4.79 Å². The Balaban J connectivity index is 2.09. The number of para-hydroxylation sites is 1. The lowest BCUT2D eigenvalue weighted by atomic mass is 10.0. The molecule has 0 saturated heterocycles. The van der Waals surface area contributed by atoms with Crippen molar-refractivity contribution in [2.24, 2.45) is 0 Å². The van der Waals surface area contributed by atoms with E-state index in [9.17, 15) is 4.79 Å². The molecule has 3 nitrogen and oxygen atoms in total. The molecule has 0 bridgehead atoms. The lowest BCUT2D eigenvalue weighted by Gasteiger charge is -2.18. The predicted molar refractivity (Wildman–Crippen MR) is 87.2 cm³/mol. The third-order valence-electron chi connectivity index (χ3n) is 3.60. The van der Waals surface area contributed by atoms with Gasteiger partial charge in [0.25, 0.3) is 5.91 Å². The van der Waals surface area contributed by atoms with Crippen LogP contribution in [0.15, 0.2) is 48.5 Å². The van der Waals surface area contributed by atoms with E-state index in [1.807, 2.05) is 12.1 Å². The van der Waals surface area contributed by atoms with Crippen molar-refractivity contribution in [2.75, 3.05) is 12.8 Å². The van der Waals surface area contributed by atoms with Gasteiger partial charge in [-0.05, 0) is 29.2 Å². The Morgan fingerprint density at radius 3 is 2.29 bits per heavy atom. The zero-order valence-corrected chi connectivity index (χ0v) is 12.8. The quantitative estimate of drug-likeness (QED) is 0.870. The van der Waals surface area contributed by atoms with Crippen LogP contribution in [0.25, 0.3) is 0 Å². The summed E-state index contributed by atoms with van der Waals surface area (Å²) in [7, 11) is 1.80. The number of hydrogen-bond acceptors (Lipinski definition) is 2. The predicted octanol–water partition coefficient (Wildman–Crippen LogP) is 3.66. The molecule has 0 atom stereocenters. The lowest BCUT2D eigenvalue weighted by Crippen LogP contribution is -2.26. The third kappa shape index (κ3) is 3.63. The number of amides is 1. The van der Waals surface area contributed by atoms with Crippen LogP contribution in [0.3, 0.4) is 0 Å². The third-order valence-corrected chi connectivity index (χ3v) is 3.60. The number of nitrogens with zero attached hydrogens (tertiary/aromatic N) is 1. The molecule has 0 heterocycles. The molecule has 0 spiro atoms. The highest BCUT2D eigenvalue weighted by molar-refractivity contribution is 5.98. The Hall–Kier alpha value is -2.29. The number of carbonyl (C=O) groups excluding carboxylic acids is 1. The first kappa shape index (κ1) is 15.1. The van der Waals surface area contributed by atoms with E-state index in [0.29, 0.717) is 23.7 Å². The molecule has 3 heteroatoms. The standard InChI is InChI=1S/C18H22N2O/c1-13(2)15-10-8-14(9-11-15)12-20(3)18(21)16-6-4-5-7-17(16)19/h4-11,13H,12,19H2,1-3H3. The van der Waals surface area contributed by atoms with Crippen LogP contribution in [0.4, 0.5) is 5.69 Å². The fraction of sp³-hybridized carbons (Fsp3) is 0.278. The maximum absolute atomic E-state index is 12.4. The summed E-state index contributed by atoms with van der Waals surface area (Å²) >= 11 is 0. The van der Waals surface area contributed by atoms with Crippen LogP contribution >= 0.6 is 0 Å². The van der Waals surface area contributed by atoms with Gasteiger partial charge in [-0.1, -0.05) is 50.2 Å². The first-order chi connectivity index (χ1) is 9.99. The summed E-state index contributed by atoms with van der Waals surface area (Å²) in [5.74, 6) is 0.462. The molecule has 0 fully saturated rings. The van der Waals surface area contributed by atoms with Gasteiger partial charge in [0, 0.05) is 19.3 Å². The second-order valence-corrected chi connectivity index (χ2v) is 5.64. The normalized spacial score (nSPS) is 10.7. The SMILES string of the molecule is CC(C)c1ccc(CN(C)C(=O)c2ccccc2N)cc1. The van der Waals surface area contributed by atoms with Crippen molar-refractivity contribution >= 4 is 11.6 Å². The van der Waals surface area contributed by atoms with E-state index in [1.54, 1.807) is 24.1 Å². The van der Waals surface area contributed by atoms with E-state index >= 15 is 0 Å². The van der Waals surface area contributed by atoms with E-state index in [2.05, 4.69) is 38.1 Å². The average Bonchev–Trinajstić information content (AvgIpc) is 2.47. The molecular formula is C18H22N2O. The monoisotopic (exact) mass is 282 g/mol. The molecule has 2 aromatic carbocycles. The fourth-order valence-corrected chi connectivity index (χ4v) is 2.25. The van der Waals surface area contributed by atoms with E-state index in [4.69, 9.17) is 5.73 Å². The van der Waals surface area contributed by atoms with Crippen LogP contribution in [-0.4, -0.2) is 17.9 Å². The van der Waals surface area contributed by atoms with E-state index < -0.39 is 0 Å². The van der Waals surface area contributed by atoms with Crippen LogP contribution in [0.5, 0.6) is 0 Å². The van der Waals surface area contributed by atoms with Gasteiger partial charge >= 0.3 is 0 Å². The number of rotatable bonds is 4. The Bertz CT molecular complexity index is 617. The Labute approximate surface area is 126 Å². The number of benzene rings is 2. The smallest absolute Gasteiger partial charge is 0.255 e. The van der Waals surface area contributed by atoms with E-state index in [1.165, 1.54) is 5.56 Å². The van der Waals surface area contributed by atoms with Crippen molar-refractivity contribution < 1.29 is 4.79 Å². The summed E-state index contributed by atoms with van der Waals surface area (Å²) in [6.45, 7) is 4.91. The van der Waals surface area contributed by atoms with Gasteiger partial charge in [-0.15, -0.1) is 0 Å². The van der Waals surface area contributed by atoms with Gasteiger partial charge in [0.05, 0.1) is 5.56 Å². The summed E-state index contributed by atoms with van der Waals surface area (Å²) < 4.78 is 0. The summed E-state index contributed by atoms with van der Waals surface area (Å²) in [5, 5.41) is 0. The van der Waals surface area contributed by atoms with Gasteiger partial charge in [-0.2, -0.15) is 0 Å². The highest BCUT2D eigenvalue weighted by atomic mass is 16.2. The highest BCUT2D eigenvalue weighted by Crippen LogP contribution is 2.17. The largest absolute Gasteiger partial charge is 0.398 e. The molecule has 110 valence electrons. The van der Waals surface area contributed by atoms with Gasteiger partial charge in [-0.25, -0.2) is 0 Å². The summed E-state index contributed by atoms with van der Waals surface area (Å²) in [4.78, 5) is 14.1. The van der Waals surface area contributed by atoms with Crippen molar-refractivity contribution in [2.45, 2.75) is 26.3 Å². The second-order valence-electron chi connectivity index (χ2n) is 5.64. The minimum absolute atomic E-state index is 0.0546. The molecule has 2 N–H and O–H groups in total.